The SMILES string of the molecule is Cc1cc(C)cc(NC(=O)CNC(=O)c2ccccc2C)c1. The molecule has 0 saturated heterocycles. The summed E-state index contributed by atoms with van der Waals surface area (Å²) in [4.78, 5) is 24.0. The number of anilines is 1. The molecule has 0 unspecified atom stereocenters. The summed E-state index contributed by atoms with van der Waals surface area (Å²) in [5.74, 6) is -0.486. The van der Waals surface area contributed by atoms with Gasteiger partial charge in [-0.1, -0.05) is 24.3 Å². The van der Waals surface area contributed by atoms with Gasteiger partial charge >= 0.3 is 0 Å². The van der Waals surface area contributed by atoms with E-state index in [0.29, 0.717) is 5.56 Å². The highest BCUT2D eigenvalue weighted by Crippen LogP contribution is 2.13. The van der Waals surface area contributed by atoms with Gasteiger partial charge in [0.15, 0.2) is 0 Å². The Morgan fingerprint density at radius 2 is 1.59 bits per heavy atom. The van der Waals surface area contributed by atoms with Crippen LogP contribution in [-0.2, 0) is 4.79 Å². The largest absolute Gasteiger partial charge is 0.343 e. The second kappa shape index (κ2) is 6.89. The van der Waals surface area contributed by atoms with Gasteiger partial charge in [0.05, 0.1) is 6.54 Å². The van der Waals surface area contributed by atoms with Crippen LogP contribution in [0.25, 0.3) is 0 Å². The lowest BCUT2D eigenvalue weighted by Gasteiger charge is -2.09. The molecule has 114 valence electrons. The number of amides is 2. The zero-order valence-corrected chi connectivity index (χ0v) is 13.1. The van der Waals surface area contributed by atoms with Gasteiger partial charge < -0.3 is 10.6 Å². The van der Waals surface area contributed by atoms with Gasteiger partial charge in [0.1, 0.15) is 0 Å². The van der Waals surface area contributed by atoms with E-state index in [1.807, 2.05) is 51.1 Å². The fourth-order valence-corrected chi connectivity index (χ4v) is 2.34. The van der Waals surface area contributed by atoms with Crippen molar-refractivity contribution in [1.29, 1.82) is 0 Å². The van der Waals surface area contributed by atoms with Crippen LogP contribution < -0.4 is 10.6 Å². The normalized spacial score (nSPS) is 10.1. The molecule has 0 bridgehead atoms. The zero-order valence-electron chi connectivity index (χ0n) is 13.1. The predicted molar refractivity (Wildman–Crippen MR) is 88.1 cm³/mol. The molecular weight excluding hydrogens is 276 g/mol. The Bertz CT molecular complexity index is 688. The minimum absolute atomic E-state index is 0.0554. The van der Waals surface area contributed by atoms with Gasteiger partial charge in [-0.2, -0.15) is 0 Å². The highest BCUT2D eigenvalue weighted by Gasteiger charge is 2.10. The molecule has 0 fully saturated rings. The van der Waals surface area contributed by atoms with E-state index in [1.165, 1.54) is 0 Å². The van der Waals surface area contributed by atoms with E-state index in [-0.39, 0.29) is 18.4 Å². The van der Waals surface area contributed by atoms with Gasteiger partial charge in [-0.3, -0.25) is 9.59 Å². The Morgan fingerprint density at radius 1 is 0.955 bits per heavy atom. The number of carbonyl (C=O) groups is 2. The lowest BCUT2D eigenvalue weighted by atomic mass is 10.1. The van der Waals surface area contributed by atoms with Crippen molar-refractivity contribution in [2.75, 3.05) is 11.9 Å². The van der Waals surface area contributed by atoms with Crippen molar-refractivity contribution in [3.05, 3.63) is 64.7 Å². The predicted octanol–water partition coefficient (Wildman–Crippen LogP) is 2.98. The van der Waals surface area contributed by atoms with Crippen LogP contribution in [0.4, 0.5) is 5.69 Å². The first-order chi connectivity index (χ1) is 10.5. The maximum atomic E-state index is 12.0. The molecule has 2 aromatic rings. The summed E-state index contributed by atoms with van der Waals surface area (Å²) in [5.41, 5.74) is 4.38. The molecule has 0 aliphatic rings. The van der Waals surface area contributed by atoms with Gasteiger partial charge in [0.25, 0.3) is 5.91 Å². The van der Waals surface area contributed by atoms with Crippen LogP contribution in [-0.4, -0.2) is 18.4 Å². The number of hydrogen-bond donors (Lipinski definition) is 2. The fraction of sp³-hybridized carbons (Fsp3) is 0.222. The first-order valence-corrected chi connectivity index (χ1v) is 7.17. The summed E-state index contributed by atoms with van der Waals surface area (Å²) >= 11 is 0. The summed E-state index contributed by atoms with van der Waals surface area (Å²) in [6.07, 6.45) is 0. The molecule has 22 heavy (non-hydrogen) atoms. The Labute approximate surface area is 130 Å². The van der Waals surface area contributed by atoms with Crippen LogP contribution in [0.1, 0.15) is 27.0 Å². The number of hydrogen-bond acceptors (Lipinski definition) is 2. The van der Waals surface area contributed by atoms with E-state index in [2.05, 4.69) is 10.6 Å². The molecule has 2 rings (SSSR count). The molecule has 0 aliphatic heterocycles. The van der Waals surface area contributed by atoms with Crippen molar-refractivity contribution in [2.24, 2.45) is 0 Å². The Balaban J connectivity index is 1.93. The van der Waals surface area contributed by atoms with E-state index < -0.39 is 0 Å². The third-order valence-corrected chi connectivity index (χ3v) is 3.30. The number of carbonyl (C=O) groups excluding carboxylic acids is 2. The van der Waals surface area contributed by atoms with Crippen molar-refractivity contribution in [2.45, 2.75) is 20.8 Å². The number of nitrogens with one attached hydrogen (secondary N) is 2. The van der Waals surface area contributed by atoms with Crippen LogP contribution >= 0.6 is 0 Å². The van der Waals surface area contributed by atoms with E-state index >= 15 is 0 Å². The summed E-state index contributed by atoms with van der Waals surface area (Å²) in [5, 5.41) is 5.43. The van der Waals surface area contributed by atoms with Gasteiger partial charge in [-0.05, 0) is 55.7 Å². The summed E-state index contributed by atoms with van der Waals surface area (Å²) in [6, 6.07) is 13.1. The smallest absolute Gasteiger partial charge is 0.251 e. The maximum Gasteiger partial charge on any atom is 0.251 e. The quantitative estimate of drug-likeness (QED) is 0.911. The minimum atomic E-state index is -0.244. The molecule has 0 saturated carbocycles. The molecular formula is C18H20N2O2. The molecule has 2 N–H and O–H groups in total. The monoisotopic (exact) mass is 296 g/mol. The summed E-state index contributed by atoms with van der Waals surface area (Å²) in [7, 11) is 0. The standard InChI is InChI=1S/C18H20N2O2/c1-12-8-13(2)10-15(9-12)20-17(21)11-19-18(22)16-7-5-4-6-14(16)3/h4-10H,11H2,1-3H3,(H,19,22)(H,20,21). The highest BCUT2D eigenvalue weighted by molar-refractivity contribution is 6.00. The van der Waals surface area contributed by atoms with Crippen LogP contribution in [0, 0.1) is 20.8 Å². The van der Waals surface area contributed by atoms with Crippen molar-refractivity contribution in [3.8, 4) is 0 Å². The van der Waals surface area contributed by atoms with Crippen molar-refractivity contribution in [1.82, 2.24) is 5.32 Å². The molecule has 0 atom stereocenters. The Hall–Kier alpha value is -2.62. The average Bonchev–Trinajstić information content (AvgIpc) is 2.44. The molecule has 2 aromatic carbocycles. The van der Waals surface area contributed by atoms with Gasteiger partial charge in [0.2, 0.25) is 5.91 Å². The second-order valence-corrected chi connectivity index (χ2v) is 5.42. The molecule has 4 nitrogen and oxygen atoms in total. The molecule has 0 radical (unpaired) electrons. The first kappa shape index (κ1) is 15.8. The van der Waals surface area contributed by atoms with E-state index in [9.17, 15) is 9.59 Å². The third-order valence-electron chi connectivity index (χ3n) is 3.30. The molecule has 0 aromatic heterocycles. The van der Waals surface area contributed by atoms with Crippen LogP contribution in [0.2, 0.25) is 0 Å². The number of benzene rings is 2. The molecule has 0 spiro atoms. The van der Waals surface area contributed by atoms with Gasteiger partial charge in [-0.15, -0.1) is 0 Å². The molecule has 2 amide bonds. The zero-order chi connectivity index (χ0) is 16.1. The second-order valence-electron chi connectivity index (χ2n) is 5.42. The van der Waals surface area contributed by atoms with E-state index in [0.717, 1.165) is 22.4 Å². The van der Waals surface area contributed by atoms with E-state index in [1.54, 1.807) is 12.1 Å². The molecule has 0 aliphatic carbocycles. The van der Waals surface area contributed by atoms with Crippen LogP contribution in [0.5, 0.6) is 0 Å². The highest BCUT2D eigenvalue weighted by atomic mass is 16.2. The lowest BCUT2D eigenvalue weighted by Crippen LogP contribution is -2.33. The summed E-state index contributed by atoms with van der Waals surface area (Å²) < 4.78 is 0. The van der Waals surface area contributed by atoms with E-state index in [4.69, 9.17) is 0 Å². The molecule has 0 heterocycles. The van der Waals surface area contributed by atoms with Crippen LogP contribution in [0.3, 0.4) is 0 Å². The maximum absolute atomic E-state index is 12.0. The molecule has 4 heteroatoms. The Morgan fingerprint density at radius 3 is 2.23 bits per heavy atom. The lowest BCUT2D eigenvalue weighted by molar-refractivity contribution is -0.115. The first-order valence-electron chi connectivity index (χ1n) is 7.17. The fourth-order valence-electron chi connectivity index (χ4n) is 2.34. The third kappa shape index (κ3) is 4.19. The van der Waals surface area contributed by atoms with Crippen molar-refractivity contribution in [3.63, 3.8) is 0 Å². The topological polar surface area (TPSA) is 58.2 Å². The van der Waals surface area contributed by atoms with Crippen molar-refractivity contribution >= 4 is 17.5 Å². The Kier molecular flexibility index (Phi) is 4.94. The number of rotatable bonds is 4. The minimum Gasteiger partial charge on any atom is -0.343 e. The van der Waals surface area contributed by atoms with Crippen molar-refractivity contribution < 1.29 is 9.59 Å². The van der Waals surface area contributed by atoms with Gasteiger partial charge in [0, 0.05) is 11.3 Å². The average molecular weight is 296 g/mol. The number of aryl methyl sites for hydroxylation is 3. The van der Waals surface area contributed by atoms with Crippen LogP contribution in [0.15, 0.2) is 42.5 Å². The van der Waals surface area contributed by atoms with Gasteiger partial charge in [-0.25, -0.2) is 0 Å². The summed E-state index contributed by atoms with van der Waals surface area (Å²) in [6.45, 7) is 5.76.